The van der Waals surface area contributed by atoms with E-state index in [1.54, 1.807) is 13.0 Å². The summed E-state index contributed by atoms with van der Waals surface area (Å²) in [5.41, 5.74) is 1.29. The molecular formula is C15H20ClN3O3. The van der Waals surface area contributed by atoms with E-state index in [1.807, 2.05) is 4.90 Å². The molecule has 2 saturated heterocycles. The zero-order valence-corrected chi connectivity index (χ0v) is 13.3. The number of nitrogens with zero attached hydrogens (tertiary/aromatic N) is 2. The lowest BCUT2D eigenvalue weighted by Gasteiger charge is -2.28. The van der Waals surface area contributed by atoms with Crippen molar-refractivity contribution in [3.05, 3.63) is 39.4 Å². The van der Waals surface area contributed by atoms with Gasteiger partial charge >= 0.3 is 0 Å². The maximum absolute atomic E-state index is 12.8. The van der Waals surface area contributed by atoms with Gasteiger partial charge in [-0.15, -0.1) is 12.4 Å². The Morgan fingerprint density at radius 2 is 2.05 bits per heavy atom. The Morgan fingerprint density at radius 3 is 2.73 bits per heavy atom. The van der Waals surface area contributed by atoms with Gasteiger partial charge in [0.05, 0.1) is 4.92 Å². The molecule has 2 fully saturated rings. The van der Waals surface area contributed by atoms with Crippen LogP contribution in [-0.2, 0) is 0 Å². The first-order valence-corrected chi connectivity index (χ1v) is 7.36. The molecule has 7 heteroatoms. The summed E-state index contributed by atoms with van der Waals surface area (Å²) in [5, 5.41) is 14.2. The van der Waals surface area contributed by atoms with E-state index in [-0.39, 0.29) is 30.0 Å². The molecule has 0 radical (unpaired) electrons. The van der Waals surface area contributed by atoms with Crippen molar-refractivity contribution in [2.75, 3.05) is 13.1 Å². The van der Waals surface area contributed by atoms with Crippen molar-refractivity contribution < 1.29 is 9.72 Å². The van der Waals surface area contributed by atoms with Crippen molar-refractivity contribution in [3.8, 4) is 0 Å². The number of non-ortho nitro benzene ring substituents is 1. The SMILES string of the molecule is Cc1cc([N+](=O)[O-])ccc1C(=O)N1C2CCNCC1CC2.Cl. The number of carbonyl (C=O) groups excluding carboxylic acids is 1. The number of benzene rings is 1. The number of carbonyl (C=O) groups is 1. The van der Waals surface area contributed by atoms with E-state index >= 15 is 0 Å². The van der Waals surface area contributed by atoms with Crippen LogP contribution >= 0.6 is 12.4 Å². The molecule has 1 N–H and O–H groups in total. The molecule has 2 atom stereocenters. The lowest BCUT2D eigenvalue weighted by atomic mass is 10.1. The quantitative estimate of drug-likeness (QED) is 0.668. The second-order valence-electron chi connectivity index (χ2n) is 5.85. The Balaban J connectivity index is 0.00000176. The van der Waals surface area contributed by atoms with Crippen molar-refractivity contribution in [2.45, 2.75) is 38.3 Å². The number of fused-ring (bicyclic) bond motifs is 2. The standard InChI is InChI=1S/C15H19N3O3.ClH/c1-10-8-12(18(20)21)4-5-14(10)15(19)17-11-2-3-13(17)9-16-7-6-11;/h4-5,8,11,13,16H,2-3,6-7,9H2,1H3;1H. The summed E-state index contributed by atoms with van der Waals surface area (Å²) in [6.45, 7) is 3.55. The number of halogens is 1. The first-order valence-electron chi connectivity index (χ1n) is 7.36. The monoisotopic (exact) mass is 325 g/mol. The number of hydrogen-bond acceptors (Lipinski definition) is 4. The number of rotatable bonds is 2. The van der Waals surface area contributed by atoms with E-state index in [4.69, 9.17) is 0 Å². The molecule has 2 bridgehead atoms. The summed E-state index contributed by atoms with van der Waals surface area (Å²) >= 11 is 0. The third-order valence-corrected chi connectivity index (χ3v) is 4.54. The van der Waals surface area contributed by atoms with E-state index < -0.39 is 4.92 Å². The molecule has 3 rings (SSSR count). The molecule has 2 unspecified atom stereocenters. The Morgan fingerprint density at radius 1 is 1.32 bits per heavy atom. The topological polar surface area (TPSA) is 75.5 Å². The van der Waals surface area contributed by atoms with Crippen molar-refractivity contribution in [3.63, 3.8) is 0 Å². The van der Waals surface area contributed by atoms with Gasteiger partial charge in [-0.25, -0.2) is 0 Å². The normalized spacial score (nSPS) is 23.6. The second kappa shape index (κ2) is 6.62. The zero-order valence-electron chi connectivity index (χ0n) is 12.4. The third-order valence-electron chi connectivity index (χ3n) is 4.54. The predicted molar refractivity (Wildman–Crippen MR) is 85.5 cm³/mol. The zero-order chi connectivity index (χ0) is 15.0. The fourth-order valence-electron chi connectivity index (χ4n) is 3.45. The molecule has 22 heavy (non-hydrogen) atoms. The van der Waals surface area contributed by atoms with Gasteiger partial charge in [-0.2, -0.15) is 0 Å². The Bertz CT molecular complexity index is 579. The van der Waals surface area contributed by atoms with Gasteiger partial charge in [0, 0.05) is 36.3 Å². The number of nitrogens with one attached hydrogen (secondary N) is 1. The van der Waals surface area contributed by atoms with Crippen LogP contribution in [0.4, 0.5) is 5.69 Å². The summed E-state index contributed by atoms with van der Waals surface area (Å²) in [5.74, 6) is 0.0126. The minimum Gasteiger partial charge on any atom is -0.331 e. The van der Waals surface area contributed by atoms with Crippen molar-refractivity contribution >= 4 is 24.0 Å². The minimum atomic E-state index is -0.430. The molecule has 1 amide bonds. The molecule has 0 aliphatic carbocycles. The van der Waals surface area contributed by atoms with E-state index in [1.165, 1.54) is 12.1 Å². The molecule has 0 aromatic heterocycles. The van der Waals surface area contributed by atoms with E-state index in [0.29, 0.717) is 17.2 Å². The summed E-state index contributed by atoms with van der Waals surface area (Å²) in [7, 11) is 0. The molecule has 2 aliphatic rings. The van der Waals surface area contributed by atoms with Crippen LogP contribution in [0.25, 0.3) is 0 Å². The number of amides is 1. The summed E-state index contributed by atoms with van der Waals surface area (Å²) in [4.78, 5) is 25.2. The van der Waals surface area contributed by atoms with Crippen molar-refractivity contribution in [2.24, 2.45) is 0 Å². The van der Waals surface area contributed by atoms with Crippen LogP contribution in [0.5, 0.6) is 0 Å². The Kier molecular flexibility index (Phi) is 5.03. The molecule has 1 aromatic carbocycles. The van der Waals surface area contributed by atoms with Gasteiger partial charge in [0.1, 0.15) is 0 Å². The largest absolute Gasteiger partial charge is 0.331 e. The van der Waals surface area contributed by atoms with Crippen LogP contribution in [0.15, 0.2) is 18.2 Å². The van der Waals surface area contributed by atoms with Gasteiger partial charge in [0.2, 0.25) is 0 Å². The fraction of sp³-hybridized carbons (Fsp3) is 0.533. The van der Waals surface area contributed by atoms with Gasteiger partial charge in [-0.1, -0.05) is 0 Å². The summed E-state index contributed by atoms with van der Waals surface area (Å²) < 4.78 is 0. The fourth-order valence-corrected chi connectivity index (χ4v) is 3.45. The average molecular weight is 326 g/mol. The van der Waals surface area contributed by atoms with Crippen LogP contribution in [0.3, 0.4) is 0 Å². The minimum absolute atomic E-state index is 0. The Hall–Kier alpha value is -1.66. The van der Waals surface area contributed by atoms with Crippen molar-refractivity contribution in [1.82, 2.24) is 10.2 Å². The maximum atomic E-state index is 12.8. The summed E-state index contributed by atoms with van der Waals surface area (Å²) in [6.07, 6.45) is 3.08. The van der Waals surface area contributed by atoms with E-state index in [0.717, 1.165) is 32.4 Å². The van der Waals surface area contributed by atoms with Crippen LogP contribution in [-0.4, -0.2) is 40.9 Å². The highest BCUT2D eigenvalue weighted by atomic mass is 35.5. The molecular weight excluding hydrogens is 306 g/mol. The van der Waals surface area contributed by atoms with Gasteiger partial charge < -0.3 is 10.2 Å². The smallest absolute Gasteiger partial charge is 0.269 e. The third kappa shape index (κ3) is 2.94. The van der Waals surface area contributed by atoms with Gasteiger partial charge in [0.25, 0.3) is 11.6 Å². The summed E-state index contributed by atoms with van der Waals surface area (Å²) in [6, 6.07) is 5.03. The number of hydrogen-bond donors (Lipinski definition) is 1. The van der Waals surface area contributed by atoms with E-state index in [9.17, 15) is 14.9 Å². The highest BCUT2D eigenvalue weighted by Crippen LogP contribution is 2.30. The van der Waals surface area contributed by atoms with Crippen molar-refractivity contribution in [1.29, 1.82) is 0 Å². The van der Waals surface area contributed by atoms with Gasteiger partial charge in [0.15, 0.2) is 0 Å². The molecule has 2 aliphatic heterocycles. The lowest BCUT2D eigenvalue weighted by Crippen LogP contribution is -2.42. The van der Waals surface area contributed by atoms with Gasteiger partial charge in [-0.3, -0.25) is 14.9 Å². The maximum Gasteiger partial charge on any atom is 0.269 e. The first-order chi connectivity index (χ1) is 10.1. The molecule has 0 saturated carbocycles. The molecule has 6 nitrogen and oxygen atoms in total. The van der Waals surface area contributed by atoms with Crippen LogP contribution in [0.2, 0.25) is 0 Å². The molecule has 1 aromatic rings. The van der Waals surface area contributed by atoms with Gasteiger partial charge in [-0.05, 0) is 44.4 Å². The van der Waals surface area contributed by atoms with Crippen LogP contribution in [0.1, 0.15) is 35.2 Å². The molecule has 2 heterocycles. The average Bonchev–Trinajstić information content (AvgIpc) is 2.71. The number of aryl methyl sites for hydroxylation is 1. The van der Waals surface area contributed by atoms with Crippen LogP contribution < -0.4 is 5.32 Å². The first kappa shape index (κ1) is 16.7. The highest BCUT2D eigenvalue weighted by Gasteiger charge is 2.38. The van der Waals surface area contributed by atoms with Crippen LogP contribution in [0, 0.1) is 17.0 Å². The lowest BCUT2D eigenvalue weighted by molar-refractivity contribution is -0.384. The molecule has 0 spiro atoms. The number of nitro groups is 1. The second-order valence-corrected chi connectivity index (χ2v) is 5.85. The predicted octanol–water partition coefficient (Wildman–Crippen LogP) is 2.29. The molecule has 120 valence electrons. The number of nitro benzene ring substituents is 1. The highest BCUT2D eigenvalue weighted by molar-refractivity contribution is 5.96. The Labute approximate surface area is 135 Å². The van der Waals surface area contributed by atoms with E-state index in [2.05, 4.69) is 5.32 Å².